The molecule has 0 saturated carbocycles. The molecule has 0 aromatic heterocycles. The van der Waals surface area contributed by atoms with Gasteiger partial charge < -0.3 is 10.7 Å². The van der Waals surface area contributed by atoms with E-state index >= 15 is 0 Å². The minimum Gasteiger partial charge on any atom is -0.372 e. The van der Waals surface area contributed by atoms with Gasteiger partial charge in [-0.05, 0) is 11.6 Å². The van der Waals surface area contributed by atoms with Crippen LogP contribution in [0.1, 0.15) is 12.8 Å². The lowest BCUT2D eigenvalue weighted by atomic mass is 10.1. The van der Waals surface area contributed by atoms with Gasteiger partial charge in [-0.25, -0.2) is 4.79 Å². The van der Waals surface area contributed by atoms with Crippen LogP contribution in [0, 0.1) is 5.53 Å². The Morgan fingerprint density at radius 3 is 2.71 bits per heavy atom. The summed E-state index contributed by atoms with van der Waals surface area (Å²) in [6.07, 6.45) is -0.186. The molecule has 0 saturated heterocycles. The second-order valence-electron chi connectivity index (χ2n) is 2.53. The minimum absolute atomic E-state index is 0.0351. The maximum atomic E-state index is 11.0. The Balaban J connectivity index is 4.17. The van der Waals surface area contributed by atoms with Crippen LogP contribution < -0.4 is 17.3 Å². The Morgan fingerprint density at radius 2 is 2.18 bits per heavy atom. The van der Waals surface area contributed by atoms with Gasteiger partial charge in [0.05, 0.1) is 0 Å². The summed E-state index contributed by atoms with van der Waals surface area (Å²) < 4.78 is 0. The van der Waals surface area contributed by atoms with E-state index in [-0.39, 0.29) is 12.8 Å². The van der Waals surface area contributed by atoms with Gasteiger partial charge in [-0.2, -0.15) is 22.1 Å². The van der Waals surface area contributed by atoms with Crippen LogP contribution in [0.15, 0.2) is 25.9 Å². The molecular formula is C5H11N9O3. The fraction of sp³-hybridized carbons (Fsp3) is 0.600. The number of hydrogen-bond acceptors (Lipinski definition) is 9. The van der Waals surface area contributed by atoms with Crippen molar-refractivity contribution >= 4 is 11.9 Å². The molecule has 0 aliphatic carbocycles. The Kier molecular flexibility index (Phi) is 7.49. The van der Waals surface area contributed by atoms with Gasteiger partial charge in [-0.3, -0.25) is 4.79 Å². The number of rotatable bonds is 7. The average Bonchev–Trinajstić information content (AvgIpc) is 2.33. The zero-order valence-corrected chi connectivity index (χ0v) is 8.61. The molecular weight excluding hydrogens is 234 g/mol. The molecule has 0 radical (unpaired) electrons. The first-order chi connectivity index (χ1) is 8.15. The molecule has 94 valence electrons. The van der Waals surface area contributed by atoms with E-state index in [2.05, 4.69) is 36.6 Å². The van der Waals surface area contributed by atoms with E-state index < -0.39 is 17.9 Å². The van der Waals surface area contributed by atoms with Crippen molar-refractivity contribution in [2.75, 3.05) is 0 Å². The number of amides is 1. The molecule has 0 aliphatic heterocycles. The molecule has 0 rings (SSSR count). The van der Waals surface area contributed by atoms with Crippen LogP contribution >= 0.6 is 0 Å². The van der Waals surface area contributed by atoms with Crippen molar-refractivity contribution in [3.63, 3.8) is 0 Å². The second kappa shape index (κ2) is 8.78. The summed E-state index contributed by atoms with van der Waals surface area (Å²) in [5.41, 5.74) is 8.07. The number of carbonyl (C=O) groups is 2. The zero-order valence-electron chi connectivity index (χ0n) is 8.61. The van der Waals surface area contributed by atoms with Gasteiger partial charge in [0.1, 0.15) is 0 Å². The lowest BCUT2D eigenvalue weighted by molar-refractivity contribution is -0.146. The Hall–Kier alpha value is -2.50. The van der Waals surface area contributed by atoms with Gasteiger partial charge in [0.2, 0.25) is 0 Å². The number of nitrogens with one attached hydrogen (secondary N) is 2. The van der Waals surface area contributed by atoms with Crippen molar-refractivity contribution in [2.24, 2.45) is 37.6 Å². The molecule has 17 heavy (non-hydrogen) atoms. The van der Waals surface area contributed by atoms with Crippen molar-refractivity contribution in [3.05, 3.63) is 0 Å². The summed E-state index contributed by atoms with van der Waals surface area (Å²) in [7, 11) is 0. The molecule has 0 aromatic rings. The van der Waals surface area contributed by atoms with Crippen LogP contribution in [0.4, 0.5) is 0 Å². The molecule has 0 spiro atoms. The summed E-state index contributed by atoms with van der Waals surface area (Å²) in [6.45, 7) is 0. The summed E-state index contributed by atoms with van der Waals surface area (Å²) >= 11 is 0. The summed E-state index contributed by atoms with van der Waals surface area (Å²) in [5, 5.41) is 15.0. The standard InChI is InChI=1S/C5H11N9O3/c6-11-9-3(5(16)17-8)1-2-4(15)10-13-14-12-7/h3H,1-2,8H2,(H2,6,9)(H2,7,10,14,15)/t3-/m0/s1. The van der Waals surface area contributed by atoms with E-state index in [9.17, 15) is 9.59 Å². The monoisotopic (exact) mass is 245 g/mol. The summed E-state index contributed by atoms with van der Waals surface area (Å²) in [5.74, 6) is 7.89. The van der Waals surface area contributed by atoms with Crippen LogP contribution in [0.2, 0.25) is 0 Å². The Labute approximate surface area is 94.9 Å². The van der Waals surface area contributed by atoms with Gasteiger partial charge >= 0.3 is 5.97 Å². The molecule has 0 aliphatic rings. The molecule has 0 fully saturated rings. The fourth-order valence-corrected chi connectivity index (χ4v) is 0.792. The first-order valence-electron chi connectivity index (χ1n) is 4.21. The average molecular weight is 245 g/mol. The largest absolute Gasteiger partial charge is 0.372 e. The van der Waals surface area contributed by atoms with Gasteiger partial charge in [-0.1, -0.05) is 15.6 Å². The fourth-order valence-electron chi connectivity index (χ4n) is 0.792. The highest BCUT2D eigenvalue weighted by Crippen LogP contribution is 2.05. The van der Waals surface area contributed by atoms with E-state index in [1.165, 1.54) is 0 Å². The number of hydrogen-bond donors (Lipinski definition) is 4. The van der Waals surface area contributed by atoms with Crippen molar-refractivity contribution in [1.29, 1.82) is 5.53 Å². The SMILES string of the molecule is N=NNN=NC(=O)CC[C@H](N=NN)C(=O)ON. The van der Waals surface area contributed by atoms with Crippen LogP contribution in [0.3, 0.4) is 0 Å². The number of nitrogens with zero attached hydrogens (tertiary/aromatic N) is 5. The third kappa shape index (κ3) is 6.56. The van der Waals surface area contributed by atoms with Gasteiger partial charge in [0, 0.05) is 6.42 Å². The summed E-state index contributed by atoms with van der Waals surface area (Å²) in [4.78, 5) is 26.0. The second-order valence-corrected chi connectivity index (χ2v) is 2.53. The minimum atomic E-state index is -1.07. The topological polar surface area (TPSA) is 193 Å². The maximum Gasteiger partial charge on any atom is 0.351 e. The predicted octanol–water partition coefficient (Wildman–Crippen LogP) is -0.693. The van der Waals surface area contributed by atoms with E-state index in [1.54, 1.807) is 5.53 Å². The highest BCUT2D eigenvalue weighted by atomic mass is 16.7. The quantitative estimate of drug-likeness (QED) is 0.260. The molecule has 0 aromatic carbocycles. The van der Waals surface area contributed by atoms with Crippen LogP contribution in [0.25, 0.3) is 0 Å². The first kappa shape index (κ1) is 14.5. The van der Waals surface area contributed by atoms with Crippen molar-refractivity contribution in [2.45, 2.75) is 18.9 Å². The van der Waals surface area contributed by atoms with Gasteiger partial charge in [0.25, 0.3) is 5.91 Å². The Morgan fingerprint density at radius 1 is 1.47 bits per heavy atom. The van der Waals surface area contributed by atoms with Crippen molar-refractivity contribution in [1.82, 2.24) is 5.53 Å². The highest BCUT2D eigenvalue weighted by Gasteiger charge is 2.20. The molecule has 1 atom stereocenters. The normalized spacial score (nSPS) is 12.5. The molecule has 0 heterocycles. The number of carbonyl (C=O) groups excluding carboxylic acids is 2. The molecule has 6 N–H and O–H groups in total. The molecule has 12 heteroatoms. The third-order valence-electron chi connectivity index (χ3n) is 1.48. The van der Waals surface area contributed by atoms with E-state index in [0.717, 1.165) is 0 Å². The van der Waals surface area contributed by atoms with E-state index in [1.807, 2.05) is 0 Å². The molecule has 0 bridgehead atoms. The zero-order chi connectivity index (χ0) is 13.1. The lowest BCUT2D eigenvalue weighted by Crippen LogP contribution is -2.25. The lowest BCUT2D eigenvalue weighted by Gasteiger charge is -2.05. The molecule has 12 nitrogen and oxygen atoms in total. The van der Waals surface area contributed by atoms with Crippen molar-refractivity contribution < 1.29 is 14.4 Å². The third-order valence-corrected chi connectivity index (χ3v) is 1.48. The molecule has 1 amide bonds. The number of nitrogens with two attached hydrogens (primary N) is 2. The Bertz CT molecular complexity index is 327. The van der Waals surface area contributed by atoms with Gasteiger partial charge in [-0.15, -0.1) is 0 Å². The van der Waals surface area contributed by atoms with Crippen LogP contribution in [-0.2, 0) is 14.4 Å². The highest BCUT2D eigenvalue weighted by molar-refractivity contribution is 5.79. The predicted molar refractivity (Wildman–Crippen MR) is 50.5 cm³/mol. The first-order valence-corrected chi connectivity index (χ1v) is 4.21. The van der Waals surface area contributed by atoms with Gasteiger partial charge in [0.15, 0.2) is 6.04 Å². The molecule has 0 unspecified atom stereocenters. The summed E-state index contributed by atoms with van der Waals surface area (Å²) in [6, 6.07) is -1.07. The van der Waals surface area contributed by atoms with Crippen molar-refractivity contribution in [3.8, 4) is 0 Å². The smallest absolute Gasteiger partial charge is 0.351 e. The van der Waals surface area contributed by atoms with Crippen LogP contribution in [0.5, 0.6) is 0 Å². The van der Waals surface area contributed by atoms with E-state index in [4.69, 9.17) is 11.4 Å². The van der Waals surface area contributed by atoms with E-state index in [0.29, 0.717) is 0 Å². The maximum absolute atomic E-state index is 11.0. The van der Waals surface area contributed by atoms with Crippen LogP contribution in [-0.4, -0.2) is 17.9 Å².